The molecule has 1 spiro atoms. The van der Waals surface area contributed by atoms with Gasteiger partial charge in [-0.05, 0) is 127 Å². The molecule has 0 radical (unpaired) electrons. The summed E-state index contributed by atoms with van der Waals surface area (Å²) in [5.74, 6) is -0.691. The van der Waals surface area contributed by atoms with Gasteiger partial charge in [-0.1, -0.05) is 26.8 Å². The number of carbonyl (C=O) groups excluding carboxylic acids is 3. The van der Waals surface area contributed by atoms with Crippen molar-refractivity contribution in [3.05, 3.63) is 57.7 Å². The van der Waals surface area contributed by atoms with Crippen molar-refractivity contribution >= 4 is 40.0 Å². The summed E-state index contributed by atoms with van der Waals surface area (Å²) in [4.78, 5) is 59.6. The SMILES string of the molecule is CO[C@@H](C)c1ncc(C2CCN(C3CC3)CC2)cc1-c1c2c3cc(ccc3n1CCO[C@@H](C)CC(C)(C)OC)-c1csc(n1)[C@@H](N1CC3(CCOC3)C1)[C@H](NC(=O)[C@@H]1OC[C@@H]1C)C(=O)N1CCC[C@H](N1)C(=O)OCC(C)(C)C2. The van der Waals surface area contributed by atoms with E-state index < -0.39 is 35.6 Å². The second kappa shape index (κ2) is 22.5. The van der Waals surface area contributed by atoms with Crippen LogP contribution in [0.25, 0.3) is 33.4 Å². The largest absolute Gasteiger partial charge is 0.464 e. The number of esters is 1. The van der Waals surface area contributed by atoms with Crippen LogP contribution < -0.4 is 10.7 Å². The highest BCUT2D eigenvalue weighted by molar-refractivity contribution is 7.10. The molecule has 7 atom stereocenters. The number of pyridine rings is 1. The zero-order valence-electron chi connectivity index (χ0n) is 47.6. The van der Waals surface area contributed by atoms with Crippen molar-refractivity contribution in [2.24, 2.45) is 16.7 Å². The Labute approximate surface area is 464 Å². The van der Waals surface area contributed by atoms with Gasteiger partial charge in [0.15, 0.2) is 0 Å². The third-order valence-electron chi connectivity index (χ3n) is 18.1. The fourth-order valence-electron chi connectivity index (χ4n) is 13.2. The van der Waals surface area contributed by atoms with Crippen molar-refractivity contribution in [3.8, 4) is 22.5 Å². The van der Waals surface area contributed by atoms with E-state index in [1.165, 1.54) is 34.8 Å². The molecule has 9 heterocycles. The fourth-order valence-corrected chi connectivity index (χ4v) is 14.2. The number of cyclic esters (lactones) is 1. The van der Waals surface area contributed by atoms with E-state index in [1.54, 1.807) is 14.2 Å². The van der Waals surface area contributed by atoms with Crippen LogP contribution in [0.5, 0.6) is 0 Å². The van der Waals surface area contributed by atoms with Gasteiger partial charge in [0.1, 0.15) is 23.2 Å². The van der Waals surface area contributed by atoms with Gasteiger partial charge in [-0.3, -0.25) is 29.3 Å². The van der Waals surface area contributed by atoms with Crippen LogP contribution in [0, 0.1) is 16.7 Å². The lowest BCUT2D eigenvalue weighted by molar-refractivity contribution is -0.164. The molecule has 5 saturated heterocycles. The van der Waals surface area contributed by atoms with Gasteiger partial charge in [-0.2, -0.15) is 0 Å². The summed E-state index contributed by atoms with van der Waals surface area (Å²) in [5, 5.41) is 8.61. The highest BCUT2D eigenvalue weighted by Crippen LogP contribution is 2.47. The highest BCUT2D eigenvalue weighted by Gasteiger charge is 2.53. The summed E-state index contributed by atoms with van der Waals surface area (Å²) >= 11 is 1.51. The number of likely N-dealkylation sites (tertiary alicyclic amines) is 2. The predicted octanol–water partition coefficient (Wildman–Crippen LogP) is 8.00. The summed E-state index contributed by atoms with van der Waals surface area (Å²) in [6, 6.07) is 7.37. The first kappa shape index (κ1) is 55.5. The number of methoxy groups -OCH3 is 2. The first-order chi connectivity index (χ1) is 37.4. The van der Waals surface area contributed by atoms with Crippen LogP contribution in [0.3, 0.4) is 0 Å². The van der Waals surface area contributed by atoms with Gasteiger partial charge in [0.25, 0.3) is 5.91 Å². The first-order valence-corrected chi connectivity index (χ1v) is 29.8. The molecule has 1 saturated carbocycles. The van der Waals surface area contributed by atoms with Crippen molar-refractivity contribution in [1.82, 2.24) is 40.1 Å². The van der Waals surface area contributed by atoms with Crippen LogP contribution in [0.15, 0.2) is 35.8 Å². The Bertz CT molecular complexity index is 2820. The maximum atomic E-state index is 15.3. The Morgan fingerprint density at radius 1 is 1.03 bits per heavy atom. The van der Waals surface area contributed by atoms with Gasteiger partial charge in [0.05, 0.1) is 67.4 Å². The van der Waals surface area contributed by atoms with Crippen LogP contribution >= 0.6 is 11.3 Å². The summed E-state index contributed by atoms with van der Waals surface area (Å²) < 4.78 is 39.2. The number of hydrogen-bond acceptors (Lipinski definition) is 15. The number of aromatic nitrogens is 3. The van der Waals surface area contributed by atoms with Crippen LogP contribution in [-0.4, -0.2) is 163 Å². The first-order valence-electron chi connectivity index (χ1n) is 29.0. The fraction of sp³-hybridized carbons (Fsp3) is 0.683. The Balaban J connectivity index is 1.06. The Morgan fingerprint density at radius 3 is 2.51 bits per heavy atom. The normalized spacial score (nSPS) is 27.0. The number of fused-ring (bicyclic) bond motifs is 6. The maximum absolute atomic E-state index is 15.3. The van der Waals surface area contributed by atoms with Crippen LogP contribution in [0.2, 0.25) is 0 Å². The third kappa shape index (κ3) is 11.5. The van der Waals surface area contributed by atoms with Crippen LogP contribution in [-0.2, 0) is 55.8 Å². The standard InChI is InChI=1S/C60H84N8O9S/c1-36-30-76-53(36)54(69)63-50-52(66-32-60(33-66)18-23-74-35-60)55-62-47(31-78-55)40-12-15-48-43(25-40)45(28-58(4,5)34-77-57(71)46-11-10-19-68(64-46)56(50)70)51(67(48)22-24-75-37(2)27-59(6,7)73-9)44-26-41(29-61-49(44)38(3)72-8)39-16-20-65(21-17-39)42-13-14-42/h12,15,25-26,29,31,36-39,42,46,50,52-53,64H,10-11,13-14,16-24,27-28,30,32-35H2,1-9H3,(H,63,69)/t36-,37-,38-,46-,50-,52-,53+/m0/s1. The second-order valence-corrected chi connectivity index (χ2v) is 26.3. The summed E-state index contributed by atoms with van der Waals surface area (Å²) in [7, 11) is 3.50. The number of carbonyl (C=O) groups is 3. The van der Waals surface area contributed by atoms with Crippen molar-refractivity contribution in [2.45, 2.75) is 167 Å². The van der Waals surface area contributed by atoms with Gasteiger partial charge in [0.2, 0.25) is 5.91 Å². The molecule has 1 aliphatic carbocycles. The number of thiazole rings is 1. The molecule has 6 aliphatic heterocycles. The van der Waals surface area contributed by atoms with E-state index in [4.69, 9.17) is 38.4 Å². The zero-order valence-corrected chi connectivity index (χ0v) is 48.4. The van der Waals surface area contributed by atoms with Gasteiger partial charge < -0.3 is 43.2 Å². The summed E-state index contributed by atoms with van der Waals surface area (Å²) in [5.41, 5.74) is 10.4. The number of piperidine rings is 1. The molecular formula is C60H84N8O9S. The molecule has 6 fully saturated rings. The van der Waals surface area contributed by atoms with Crippen molar-refractivity contribution in [1.29, 1.82) is 0 Å². The molecular weight excluding hydrogens is 1010 g/mol. The molecule has 4 aromatic rings. The van der Waals surface area contributed by atoms with E-state index in [-0.39, 0.29) is 47.6 Å². The molecule has 424 valence electrons. The Morgan fingerprint density at radius 2 is 1.82 bits per heavy atom. The number of rotatable bonds is 15. The van der Waals surface area contributed by atoms with Crippen molar-refractivity contribution in [2.75, 3.05) is 80.0 Å². The number of ether oxygens (including phenoxy) is 6. The van der Waals surface area contributed by atoms with E-state index in [0.717, 1.165) is 94.5 Å². The van der Waals surface area contributed by atoms with Crippen LogP contribution in [0.1, 0.15) is 140 Å². The van der Waals surface area contributed by atoms with Crippen LogP contribution in [0.4, 0.5) is 0 Å². The number of nitrogens with one attached hydrogen (secondary N) is 2. The topological polar surface area (TPSA) is 171 Å². The van der Waals surface area contributed by atoms with E-state index in [0.29, 0.717) is 77.8 Å². The molecule has 6 bridgehead atoms. The number of nitrogens with zero attached hydrogens (tertiary/aromatic N) is 6. The number of hydrazine groups is 1. The van der Waals surface area contributed by atoms with Gasteiger partial charge in [0, 0.05) is 110 Å². The molecule has 0 unspecified atom stereocenters. The molecule has 18 heteroatoms. The monoisotopic (exact) mass is 1090 g/mol. The average molecular weight is 1090 g/mol. The lowest BCUT2D eigenvalue weighted by Crippen LogP contribution is -2.67. The second-order valence-electron chi connectivity index (χ2n) is 25.4. The molecule has 3 aromatic heterocycles. The number of hydrogen-bond donors (Lipinski definition) is 2. The Hall–Kier alpha value is -4.37. The maximum Gasteiger partial charge on any atom is 0.324 e. The molecule has 17 nitrogen and oxygen atoms in total. The third-order valence-corrected chi connectivity index (χ3v) is 19.0. The lowest BCUT2D eigenvalue weighted by atomic mass is 9.77. The van der Waals surface area contributed by atoms with E-state index in [9.17, 15) is 9.59 Å². The zero-order chi connectivity index (χ0) is 54.7. The minimum Gasteiger partial charge on any atom is -0.464 e. The molecule has 1 aromatic carbocycles. The van der Waals surface area contributed by atoms with Gasteiger partial charge >= 0.3 is 5.97 Å². The smallest absolute Gasteiger partial charge is 0.324 e. The Kier molecular flexibility index (Phi) is 16.0. The molecule has 2 amide bonds. The van der Waals surface area contributed by atoms with Gasteiger partial charge in [-0.15, -0.1) is 11.3 Å². The molecule has 7 aliphatic rings. The average Bonchev–Trinajstić information content (AvgIpc) is 3.95. The minimum absolute atomic E-state index is 0.00777. The number of benzene rings is 1. The minimum atomic E-state index is -1.04. The van der Waals surface area contributed by atoms with Crippen molar-refractivity contribution in [3.63, 3.8) is 0 Å². The quantitative estimate of drug-likeness (QED) is 0.110. The van der Waals surface area contributed by atoms with E-state index in [1.807, 2.05) is 6.92 Å². The van der Waals surface area contributed by atoms with Crippen molar-refractivity contribution < 1.29 is 42.8 Å². The molecule has 2 N–H and O–H groups in total. The summed E-state index contributed by atoms with van der Waals surface area (Å²) in [6.07, 6.45) is 9.15. The predicted molar refractivity (Wildman–Crippen MR) is 299 cm³/mol. The molecule has 78 heavy (non-hydrogen) atoms. The molecule has 11 rings (SSSR count). The van der Waals surface area contributed by atoms with Gasteiger partial charge in [-0.25, -0.2) is 10.4 Å². The number of amides is 2. The van der Waals surface area contributed by atoms with E-state index in [2.05, 4.69) is 102 Å². The highest BCUT2D eigenvalue weighted by atomic mass is 32.1. The summed E-state index contributed by atoms with van der Waals surface area (Å²) in [6.45, 7) is 21.6. The van der Waals surface area contributed by atoms with E-state index >= 15 is 4.79 Å². The lowest BCUT2D eigenvalue weighted by Gasteiger charge is -2.52.